The summed E-state index contributed by atoms with van der Waals surface area (Å²) in [4.78, 5) is 2.33. The molecule has 5 nitrogen and oxygen atoms in total. The van der Waals surface area contributed by atoms with Crippen LogP contribution in [0.4, 0.5) is 0 Å². The number of aliphatic hydroxyl groups excluding tert-OH is 1. The Morgan fingerprint density at radius 1 is 1.30 bits per heavy atom. The average Bonchev–Trinajstić information content (AvgIpc) is 2.75. The first kappa shape index (κ1) is 13.5. The van der Waals surface area contributed by atoms with E-state index in [2.05, 4.69) is 34.3 Å². The van der Waals surface area contributed by atoms with Gasteiger partial charge in [-0.1, -0.05) is 24.3 Å². The fraction of sp³-hybridized carbons (Fsp3) is 0.429. The first-order valence-corrected chi connectivity index (χ1v) is 7.12. The van der Waals surface area contributed by atoms with Crippen LogP contribution in [0.25, 0.3) is 0 Å². The van der Waals surface area contributed by atoms with Crippen LogP contribution in [0.5, 0.6) is 0 Å². The first-order chi connectivity index (χ1) is 9.69. The molecule has 106 valence electrons. The average molecular weight is 290 g/mol. The number of nitrogens with zero attached hydrogens (tertiary/aromatic N) is 4. The van der Waals surface area contributed by atoms with Crippen molar-refractivity contribution >= 4 is 12.2 Å². The molecule has 1 aliphatic rings. The van der Waals surface area contributed by atoms with Crippen LogP contribution in [0.1, 0.15) is 17.0 Å². The summed E-state index contributed by atoms with van der Waals surface area (Å²) in [6.07, 6.45) is 1.06. The summed E-state index contributed by atoms with van der Waals surface area (Å²) in [5, 5.41) is 13.6. The molecule has 0 fully saturated rings. The van der Waals surface area contributed by atoms with Gasteiger partial charge in [0.05, 0.1) is 6.67 Å². The van der Waals surface area contributed by atoms with Crippen molar-refractivity contribution in [3.63, 3.8) is 0 Å². The van der Waals surface area contributed by atoms with Crippen molar-refractivity contribution in [2.45, 2.75) is 26.2 Å². The quantitative estimate of drug-likeness (QED) is 0.869. The maximum absolute atomic E-state index is 9.24. The van der Waals surface area contributed by atoms with Crippen LogP contribution in [0, 0.1) is 4.77 Å². The smallest absolute Gasteiger partial charge is 0.198 e. The van der Waals surface area contributed by atoms with Crippen LogP contribution in [0.15, 0.2) is 24.3 Å². The third-order valence-corrected chi connectivity index (χ3v) is 4.30. The van der Waals surface area contributed by atoms with Gasteiger partial charge in [-0.2, -0.15) is 5.10 Å². The van der Waals surface area contributed by atoms with Gasteiger partial charge in [-0.05, 0) is 29.8 Å². The highest BCUT2D eigenvalue weighted by Gasteiger charge is 2.17. The van der Waals surface area contributed by atoms with Crippen LogP contribution in [-0.4, -0.2) is 30.9 Å². The van der Waals surface area contributed by atoms with E-state index in [-0.39, 0.29) is 6.61 Å². The number of fused-ring (bicyclic) bond motifs is 1. The second-order valence-electron chi connectivity index (χ2n) is 5.13. The fourth-order valence-corrected chi connectivity index (χ4v) is 2.83. The molecule has 1 aromatic carbocycles. The lowest BCUT2D eigenvalue weighted by molar-refractivity contribution is 0.186. The third kappa shape index (κ3) is 2.42. The third-order valence-electron chi connectivity index (χ3n) is 3.82. The van der Waals surface area contributed by atoms with Crippen molar-refractivity contribution < 1.29 is 5.11 Å². The Morgan fingerprint density at radius 3 is 2.75 bits per heavy atom. The molecule has 0 spiro atoms. The van der Waals surface area contributed by atoms with E-state index in [9.17, 15) is 5.11 Å². The summed E-state index contributed by atoms with van der Waals surface area (Å²) >= 11 is 5.35. The summed E-state index contributed by atoms with van der Waals surface area (Å²) in [7, 11) is 1.84. The zero-order valence-corrected chi connectivity index (χ0v) is 12.3. The minimum Gasteiger partial charge on any atom is -0.388 e. The largest absolute Gasteiger partial charge is 0.388 e. The summed E-state index contributed by atoms with van der Waals surface area (Å²) < 4.78 is 4.19. The number of aromatic nitrogens is 3. The topological polar surface area (TPSA) is 46.2 Å². The monoisotopic (exact) mass is 290 g/mol. The maximum Gasteiger partial charge on any atom is 0.198 e. The van der Waals surface area contributed by atoms with Crippen LogP contribution >= 0.6 is 12.2 Å². The van der Waals surface area contributed by atoms with Gasteiger partial charge in [0.25, 0.3) is 0 Å². The molecule has 1 aliphatic heterocycles. The molecule has 2 heterocycles. The zero-order valence-electron chi connectivity index (χ0n) is 11.5. The Balaban J connectivity index is 1.79. The second-order valence-corrected chi connectivity index (χ2v) is 5.49. The van der Waals surface area contributed by atoms with E-state index in [1.807, 2.05) is 7.05 Å². The Labute approximate surface area is 123 Å². The molecule has 0 bridgehead atoms. The highest BCUT2D eigenvalue weighted by Crippen LogP contribution is 2.18. The van der Waals surface area contributed by atoms with Gasteiger partial charge in [0.15, 0.2) is 10.6 Å². The van der Waals surface area contributed by atoms with Gasteiger partial charge in [-0.15, -0.1) is 0 Å². The molecule has 0 radical (unpaired) electrons. The van der Waals surface area contributed by atoms with Crippen molar-refractivity contribution in [3.8, 4) is 0 Å². The van der Waals surface area contributed by atoms with Crippen LogP contribution in [-0.2, 0) is 33.3 Å². The second kappa shape index (κ2) is 5.47. The van der Waals surface area contributed by atoms with Gasteiger partial charge in [0.2, 0.25) is 0 Å². The van der Waals surface area contributed by atoms with Crippen LogP contribution < -0.4 is 0 Å². The lowest BCUT2D eigenvalue weighted by Gasteiger charge is -2.28. The summed E-state index contributed by atoms with van der Waals surface area (Å²) in [5.41, 5.74) is 2.81. The molecule has 0 atom stereocenters. The van der Waals surface area contributed by atoms with Gasteiger partial charge in [-0.25, -0.2) is 4.68 Å². The zero-order chi connectivity index (χ0) is 14.1. The molecular formula is C14H18N4OS. The van der Waals surface area contributed by atoms with E-state index in [0.29, 0.717) is 17.3 Å². The number of rotatable bonds is 3. The molecule has 0 aliphatic carbocycles. The van der Waals surface area contributed by atoms with Crippen molar-refractivity contribution in [1.82, 2.24) is 19.2 Å². The van der Waals surface area contributed by atoms with Gasteiger partial charge in [0, 0.05) is 20.1 Å². The first-order valence-electron chi connectivity index (χ1n) is 6.71. The molecule has 20 heavy (non-hydrogen) atoms. The van der Waals surface area contributed by atoms with Gasteiger partial charge in [0.1, 0.15) is 6.61 Å². The van der Waals surface area contributed by atoms with E-state index in [0.717, 1.165) is 19.5 Å². The van der Waals surface area contributed by atoms with Gasteiger partial charge in [-0.3, -0.25) is 4.90 Å². The Hall–Kier alpha value is -1.50. The van der Waals surface area contributed by atoms with Crippen molar-refractivity contribution in [2.24, 2.45) is 7.05 Å². The highest BCUT2D eigenvalue weighted by atomic mass is 32.1. The van der Waals surface area contributed by atoms with Crippen molar-refractivity contribution in [1.29, 1.82) is 0 Å². The SMILES string of the molecule is Cn1c(CO)nn(CN2CCc3ccccc3C2)c1=S. The predicted octanol–water partition coefficient (Wildman–Crippen LogP) is 1.46. The Kier molecular flexibility index (Phi) is 3.69. The lowest BCUT2D eigenvalue weighted by atomic mass is 10.0. The number of benzene rings is 1. The Bertz CT molecular complexity index is 676. The maximum atomic E-state index is 9.24. The molecule has 1 aromatic heterocycles. The molecule has 6 heteroatoms. The minimum absolute atomic E-state index is 0.0873. The predicted molar refractivity (Wildman–Crippen MR) is 78.5 cm³/mol. The molecule has 1 N–H and O–H groups in total. The lowest BCUT2D eigenvalue weighted by Crippen LogP contribution is -2.32. The van der Waals surface area contributed by atoms with E-state index in [4.69, 9.17) is 12.2 Å². The van der Waals surface area contributed by atoms with E-state index in [1.165, 1.54) is 11.1 Å². The number of aliphatic hydroxyl groups is 1. The molecule has 3 rings (SSSR count). The van der Waals surface area contributed by atoms with Crippen LogP contribution in [0.3, 0.4) is 0 Å². The number of hydrogen-bond donors (Lipinski definition) is 1. The van der Waals surface area contributed by atoms with Crippen molar-refractivity contribution in [2.75, 3.05) is 6.54 Å². The highest BCUT2D eigenvalue weighted by molar-refractivity contribution is 7.71. The van der Waals surface area contributed by atoms with E-state index < -0.39 is 0 Å². The molecule has 0 unspecified atom stereocenters. The Morgan fingerprint density at radius 2 is 2.05 bits per heavy atom. The summed E-state index contributed by atoms with van der Waals surface area (Å²) in [5.74, 6) is 0.604. The van der Waals surface area contributed by atoms with Crippen molar-refractivity contribution in [3.05, 3.63) is 46.0 Å². The summed E-state index contributed by atoms with van der Waals surface area (Å²) in [6.45, 7) is 2.50. The van der Waals surface area contributed by atoms with E-state index in [1.54, 1.807) is 9.25 Å². The van der Waals surface area contributed by atoms with Gasteiger partial charge >= 0.3 is 0 Å². The summed E-state index contributed by atoms with van der Waals surface area (Å²) in [6, 6.07) is 8.55. The van der Waals surface area contributed by atoms with Gasteiger partial charge < -0.3 is 9.67 Å². The molecular weight excluding hydrogens is 272 g/mol. The molecule has 0 saturated carbocycles. The molecule has 2 aromatic rings. The number of hydrogen-bond acceptors (Lipinski definition) is 4. The molecule has 0 amide bonds. The molecule has 0 saturated heterocycles. The fourth-order valence-electron chi connectivity index (χ4n) is 2.63. The minimum atomic E-state index is -0.0873. The normalized spacial score (nSPS) is 15.3. The van der Waals surface area contributed by atoms with E-state index >= 15 is 0 Å². The van der Waals surface area contributed by atoms with Crippen LogP contribution in [0.2, 0.25) is 0 Å². The standard InChI is InChI=1S/C14H18N4OS/c1-16-13(9-19)15-18(14(16)20)10-17-7-6-11-4-2-3-5-12(11)8-17/h2-5,19H,6-10H2,1H3.